The van der Waals surface area contributed by atoms with Crippen LogP contribution in [0, 0.1) is 52.3 Å². The quantitative estimate of drug-likeness (QED) is 0.0972. The van der Waals surface area contributed by atoms with Crippen molar-refractivity contribution in [2.24, 2.45) is 58.0 Å². The van der Waals surface area contributed by atoms with E-state index < -0.39 is 0 Å². The van der Waals surface area contributed by atoms with E-state index in [1.54, 1.807) is 0 Å². The highest BCUT2D eigenvalue weighted by Crippen LogP contribution is 2.68. The average molecular weight is 645 g/mol. The van der Waals surface area contributed by atoms with Gasteiger partial charge >= 0.3 is 5.97 Å². The Balaban J connectivity index is 1.04. The van der Waals surface area contributed by atoms with Crippen LogP contribution in [0.15, 0.2) is 0 Å². The lowest BCUT2D eigenvalue weighted by atomic mass is 9.43. The molecule has 0 radical (unpaired) electrons. The van der Waals surface area contributed by atoms with Gasteiger partial charge < -0.3 is 31.5 Å². The summed E-state index contributed by atoms with van der Waals surface area (Å²) in [6, 6.07) is 0.600. The molecule has 5 unspecified atom stereocenters. The highest BCUT2D eigenvalue weighted by Gasteiger charge is 2.63. The average Bonchev–Trinajstić information content (AvgIpc) is 3.42. The molecule has 6 N–H and O–H groups in total. The Bertz CT molecular complexity index is 929. The second-order valence-electron chi connectivity index (χ2n) is 17.1. The molecule has 5 aliphatic carbocycles. The fraction of sp³-hybridized carbons (Fsp3) is 0.974. The van der Waals surface area contributed by atoms with Gasteiger partial charge in [0.1, 0.15) is 0 Å². The van der Waals surface area contributed by atoms with Gasteiger partial charge in [-0.05, 0) is 175 Å². The molecule has 0 saturated heterocycles. The fourth-order valence-electron chi connectivity index (χ4n) is 11.7. The predicted octanol–water partition coefficient (Wildman–Crippen LogP) is 6.03. The second-order valence-corrected chi connectivity index (χ2v) is 17.1. The zero-order valence-corrected chi connectivity index (χ0v) is 30.0. The Morgan fingerprint density at radius 1 is 0.826 bits per heavy atom. The molecule has 46 heavy (non-hydrogen) atoms. The van der Waals surface area contributed by atoms with E-state index in [-0.39, 0.29) is 23.4 Å². The molecule has 266 valence electrons. The first-order chi connectivity index (χ1) is 22.3. The molecule has 5 rings (SSSR count). The van der Waals surface area contributed by atoms with Crippen molar-refractivity contribution in [2.75, 3.05) is 45.9 Å². The van der Waals surface area contributed by atoms with Gasteiger partial charge in [0.2, 0.25) is 0 Å². The molecule has 0 aromatic rings. The molecule has 0 bridgehead atoms. The molecular weight excluding hydrogens is 572 g/mol. The van der Waals surface area contributed by atoms with Crippen LogP contribution < -0.4 is 21.7 Å². The van der Waals surface area contributed by atoms with E-state index in [0.29, 0.717) is 53.6 Å². The molecule has 5 fully saturated rings. The number of nitrogens with one attached hydrogen (secondary N) is 3. The number of carbonyl (C=O) groups excluding carboxylic acids is 1. The maximum Gasteiger partial charge on any atom is 0.308 e. The van der Waals surface area contributed by atoms with Crippen LogP contribution in [0.4, 0.5) is 0 Å². The van der Waals surface area contributed by atoms with E-state index in [9.17, 15) is 9.90 Å². The highest BCUT2D eigenvalue weighted by atomic mass is 16.5. The number of ether oxygens (including phenoxy) is 1. The third-order valence-corrected chi connectivity index (χ3v) is 14.3. The van der Waals surface area contributed by atoms with E-state index >= 15 is 0 Å². The Labute approximate surface area is 282 Å². The zero-order valence-electron chi connectivity index (χ0n) is 30.0. The number of fused-ring (bicyclic) bond motifs is 5. The van der Waals surface area contributed by atoms with Crippen molar-refractivity contribution in [3.05, 3.63) is 0 Å². The lowest BCUT2D eigenvalue weighted by Gasteiger charge is -2.62. The van der Waals surface area contributed by atoms with Crippen molar-refractivity contribution < 1.29 is 14.6 Å². The van der Waals surface area contributed by atoms with Gasteiger partial charge in [-0.15, -0.1) is 0 Å². The molecule has 7 nitrogen and oxygen atoms in total. The number of rotatable bonds is 17. The van der Waals surface area contributed by atoms with Crippen molar-refractivity contribution in [3.63, 3.8) is 0 Å². The largest absolute Gasteiger partial charge is 0.465 e. The number of unbranched alkanes of at least 4 members (excludes halogenated alkanes) is 1. The van der Waals surface area contributed by atoms with Crippen LogP contribution in [0.2, 0.25) is 0 Å². The maximum absolute atomic E-state index is 12.8. The number of hydrogen-bond donors (Lipinski definition) is 5. The number of nitrogens with two attached hydrogens (primary N) is 1. The molecule has 7 heteroatoms. The Kier molecular flexibility index (Phi) is 13.7. The SMILES string of the molecule is C[C@H](COC(=O)C1CCCCC1)[C@H]1CCC2C3C(O)CC4C[C@@H](NCCCNCCCCNCCCN)CC[C@]4(C)C3CC[C@@]21C. The first-order valence-electron chi connectivity index (χ1n) is 20.0. The van der Waals surface area contributed by atoms with Crippen LogP contribution in [-0.4, -0.2) is 69.1 Å². The summed E-state index contributed by atoms with van der Waals surface area (Å²) >= 11 is 0. The molecule has 0 amide bonds. The molecule has 0 aromatic heterocycles. The maximum atomic E-state index is 12.8. The first kappa shape index (κ1) is 36.5. The number of esters is 1. The van der Waals surface area contributed by atoms with E-state index in [1.807, 2.05) is 0 Å². The van der Waals surface area contributed by atoms with Crippen LogP contribution in [0.5, 0.6) is 0 Å². The number of hydrogen-bond acceptors (Lipinski definition) is 7. The molecular formula is C39H72N4O3. The van der Waals surface area contributed by atoms with Gasteiger partial charge in [0, 0.05) is 6.04 Å². The lowest BCUT2D eigenvalue weighted by molar-refractivity contribution is -0.169. The molecule has 0 aliphatic heterocycles. The van der Waals surface area contributed by atoms with E-state index in [4.69, 9.17) is 10.5 Å². The summed E-state index contributed by atoms with van der Waals surface area (Å²) in [5, 5.41) is 22.8. The Morgan fingerprint density at radius 3 is 2.24 bits per heavy atom. The van der Waals surface area contributed by atoms with E-state index in [0.717, 1.165) is 65.0 Å². The van der Waals surface area contributed by atoms with Gasteiger partial charge in [-0.2, -0.15) is 0 Å². The molecule has 0 heterocycles. The fourth-order valence-corrected chi connectivity index (χ4v) is 11.7. The minimum absolute atomic E-state index is 0.0622. The van der Waals surface area contributed by atoms with Gasteiger partial charge in [0.15, 0.2) is 0 Å². The summed E-state index contributed by atoms with van der Waals surface area (Å²) in [4.78, 5) is 12.8. The standard InChI is InChI=1S/C39H72N4O3/c1-28(27-46-37(45)29-11-5-4-6-12-29)32-13-14-33-36-34(16-18-39(32,33)3)38(2)17-15-31(25-30(38)26-35(36)44)43-24-10-23-42-21-8-7-20-41-22-9-19-40/h28-36,41-44H,4-27,40H2,1-3H3/t28-,30?,31+,32-,33?,34?,35?,36?,38+,39-/m1/s1. The number of aliphatic hydroxyl groups excluding tert-OH is 1. The smallest absolute Gasteiger partial charge is 0.308 e. The third kappa shape index (κ3) is 8.52. The minimum Gasteiger partial charge on any atom is -0.465 e. The van der Waals surface area contributed by atoms with Crippen LogP contribution in [0.3, 0.4) is 0 Å². The summed E-state index contributed by atoms with van der Waals surface area (Å²) in [6.45, 7) is 14.3. The molecule has 0 spiro atoms. The van der Waals surface area contributed by atoms with Crippen molar-refractivity contribution in [2.45, 2.75) is 142 Å². The van der Waals surface area contributed by atoms with Gasteiger partial charge in [0.05, 0.1) is 18.6 Å². The second kappa shape index (κ2) is 17.3. The van der Waals surface area contributed by atoms with Gasteiger partial charge in [-0.3, -0.25) is 4.79 Å². The van der Waals surface area contributed by atoms with Crippen molar-refractivity contribution in [1.29, 1.82) is 0 Å². The predicted molar refractivity (Wildman–Crippen MR) is 188 cm³/mol. The van der Waals surface area contributed by atoms with E-state index in [2.05, 4.69) is 36.7 Å². The summed E-state index contributed by atoms with van der Waals surface area (Å²) < 4.78 is 5.98. The molecule has 5 saturated carbocycles. The highest BCUT2D eigenvalue weighted by molar-refractivity contribution is 5.72. The third-order valence-electron chi connectivity index (χ3n) is 14.3. The summed E-state index contributed by atoms with van der Waals surface area (Å²) in [5.74, 6) is 3.52. The van der Waals surface area contributed by atoms with Crippen molar-refractivity contribution >= 4 is 5.97 Å². The van der Waals surface area contributed by atoms with Crippen molar-refractivity contribution in [1.82, 2.24) is 16.0 Å². The lowest BCUT2D eigenvalue weighted by Crippen LogP contribution is -2.59. The topological polar surface area (TPSA) is 109 Å². The zero-order chi connectivity index (χ0) is 32.6. The molecule has 10 atom stereocenters. The van der Waals surface area contributed by atoms with Crippen LogP contribution in [0.1, 0.15) is 130 Å². The summed E-state index contributed by atoms with van der Waals surface area (Å²) in [7, 11) is 0. The van der Waals surface area contributed by atoms with Crippen LogP contribution >= 0.6 is 0 Å². The van der Waals surface area contributed by atoms with Crippen molar-refractivity contribution in [3.8, 4) is 0 Å². The van der Waals surface area contributed by atoms with Gasteiger partial charge in [-0.1, -0.05) is 40.0 Å². The molecule has 0 aromatic carbocycles. The first-order valence-corrected chi connectivity index (χ1v) is 20.0. The number of aliphatic hydroxyl groups is 1. The normalized spacial score (nSPS) is 38.5. The van der Waals surface area contributed by atoms with E-state index in [1.165, 1.54) is 83.5 Å². The summed E-state index contributed by atoms with van der Waals surface area (Å²) in [6.07, 6.45) is 20.0. The minimum atomic E-state index is -0.162. The van der Waals surface area contributed by atoms with Gasteiger partial charge in [0.25, 0.3) is 0 Å². The Hall–Kier alpha value is -0.730. The Morgan fingerprint density at radius 2 is 1.50 bits per heavy atom. The monoisotopic (exact) mass is 645 g/mol. The van der Waals surface area contributed by atoms with Crippen LogP contribution in [-0.2, 0) is 9.53 Å². The summed E-state index contributed by atoms with van der Waals surface area (Å²) in [5.41, 5.74) is 6.17. The number of carbonyl (C=O) groups is 1. The van der Waals surface area contributed by atoms with Gasteiger partial charge in [-0.25, -0.2) is 0 Å². The van der Waals surface area contributed by atoms with Crippen LogP contribution in [0.25, 0.3) is 0 Å². The molecule has 5 aliphatic rings.